The van der Waals surface area contributed by atoms with E-state index in [9.17, 15) is 9.18 Å². The zero-order valence-corrected chi connectivity index (χ0v) is 9.32. The molecule has 17 heavy (non-hydrogen) atoms. The Morgan fingerprint density at radius 2 is 2.24 bits per heavy atom. The van der Waals surface area contributed by atoms with Gasteiger partial charge in [0, 0.05) is 12.3 Å². The maximum atomic E-state index is 12.6. The van der Waals surface area contributed by atoms with Gasteiger partial charge in [0.25, 0.3) is 0 Å². The molecule has 0 aromatic heterocycles. The standard InChI is InChI=1S/C12H14FNO3/c13-9-3-5-10(6-4-9)14-12(15)17-8-11-2-1-7-16-11/h3-6,11H,1-2,7-8H2,(H,14,15)/t11-/m0/s1. The number of ether oxygens (including phenoxy) is 2. The van der Waals surface area contributed by atoms with Crippen LogP contribution >= 0.6 is 0 Å². The summed E-state index contributed by atoms with van der Waals surface area (Å²) in [5.41, 5.74) is 0.503. The van der Waals surface area contributed by atoms with Crippen LogP contribution in [-0.4, -0.2) is 25.4 Å². The predicted molar refractivity (Wildman–Crippen MR) is 60.3 cm³/mol. The Labute approximate surface area is 98.7 Å². The number of amides is 1. The largest absolute Gasteiger partial charge is 0.447 e. The van der Waals surface area contributed by atoms with Gasteiger partial charge in [0.05, 0.1) is 6.10 Å². The molecule has 1 aliphatic rings. The Balaban J connectivity index is 1.74. The number of rotatable bonds is 3. The molecule has 0 unspecified atom stereocenters. The molecule has 1 heterocycles. The summed E-state index contributed by atoms with van der Waals surface area (Å²) in [6.07, 6.45) is 1.39. The van der Waals surface area contributed by atoms with Crippen LogP contribution in [0.5, 0.6) is 0 Å². The molecule has 1 aromatic rings. The molecular formula is C12H14FNO3. The molecule has 0 aliphatic carbocycles. The number of hydrogen-bond donors (Lipinski definition) is 1. The number of halogens is 1. The highest BCUT2D eigenvalue weighted by molar-refractivity contribution is 5.84. The lowest BCUT2D eigenvalue weighted by molar-refractivity contribution is 0.0484. The fraction of sp³-hybridized carbons (Fsp3) is 0.417. The minimum Gasteiger partial charge on any atom is -0.447 e. The summed E-state index contributed by atoms with van der Waals surface area (Å²) < 4.78 is 22.9. The fourth-order valence-corrected chi connectivity index (χ4v) is 1.63. The van der Waals surface area contributed by atoms with Crippen LogP contribution in [0.1, 0.15) is 12.8 Å². The van der Waals surface area contributed by atoms with Crippen LogP contribution in [0.4, 0.5) is 14.9 Å². The second-order valence-electron chi connectivity index (χ2n) is 3.87. The van der Waals surface area contributed by atoms with E-state index in [0.717, 1.165) is 19.4 Å². The number of benzene rings is 1. The van der Waals surface area contributed by atoms with E-state index < -0.39 is 6.09 Å². The van der Waals surface area contributed by atoms with E-state index in [2.05, 4.69) is 5.32 Å². The summed E-state index contributed by atoms with van der Waals surface area (Å²) in [6, 6.07) is 5.50. The molecule has 2 rings (SSSR count). The third-order valence-corrected chi connectivity index (χ3v) is 2.51. The molecule has 0 spiro atoms. The first-order chi connectivity index (χ1) is 8.24. The molecule has 0 saturated carbocycles. The minimum absolute atomic E-state index is 0.00830. The highest BCUT2D eigenvalue weighted by Crippen LogP contribution is 2.13. The summed E-state index contributed by atoms with van der Waals surface area (Å²) in [5, 5.41) is 2.51. The monoisotopic (exact) mass is 239 g/mol. The van der Waals surface area contributed by atoms with Crippen molar-refractivity contribution in [1.82, 2.24) is 0 Å². The zero-order valence-electron chi connectivity index (χ0n) is 9.32. The highest BCUT2D eigenvalue weighted by Gasteiger charge is 2.17. The quantitative estimate of drug-likeness (QED) is 0.881. The van der Waals surface area contributed by atoms with Crippen LogP contribution in [0.3, 0.4) is 0 Å². The van der Waals surface area contributed by atoms with Crippen molar-refractivity contribution in [1.29, 1.82) is 0 Å². The Bertz CT molecular complexity index is 374. The van der Waals surface area contributed by atoms with E-state index in [4.69, 9.17) is 9.47 Å². The second kappa shape index (κ2) is 5.63. The summed E-state index contributed by atoms with van der Waals surface area (Å²) in [7, 11) is 0. The van der Waals surface area contributed by atoms with Crippen LogP contribution in [0, 0.1) is 5.82 Å². The number of nitrogens with one attached hydrogen (secondary N) is 1. The number of carbonyl (C=O) groups is 1. The first kappa shape index (κ1) is 11.9. The van der Waals surface area contributed by atoms with Crippen LogP contribution < -0.4 is 5.32 Å². The van der Waals surface area contributed by atoms with E-state index in [1.165, 1.54) is 24.3 Å². The molecule has 5 heteroatoms. The van der Waals surface area contributed by atoms with Gasteiger partial charge in [-0.25, -0.2) is 9.18 Å². The smallest absolute Gasteiger partial charge is 0.411 e. The number of carbonyl (C=O) groups excluding carboxylic acids is 1. The van der Waals surface area contributed by atoms with Gasteiger partial charge in [0.2, 0.25) is 0 Å². The van der Waals surface area contributed by atoms with Gasteiger partial charge in [-0.1, -0.05) is 0 Å². The van der Waals surface area contributed by atoms with E-state index in [1.54, 1.807) is 0 Å². The van der Waals surface area contributed by atoms with E-state index in [0.29, 0.717) is 5.69 Å². The lowest BCUT2D eigenvalue weighted by atomic mass is 10.2. The predicted octanol–water partition coefficient (Wildman–Crippen LogP) is 2.55. The van der Waals surface area contributed by atoms with Crippen molar-refractivity contribution >= 4 is 11.8 Å². The Morgan fingerprint density at radius 1 is 1.47 bits per heavy atom. The summed E-state index contributed by atoms with van der Waals surface area (Å²) in [5.74, 6) is -0.344. The molecule has 92 valence electrons. The molecule has 1 saturated heterocycles. The van der Waals surface area contributed by atoms with Gasteiger partial charge in [0.1, 0.15) is 12.4 Å². The van der Waals surface area contributed by atoms with Crippen LogP contribution in [-0.2, 0) is 9.47 Å². The van der Waals surface area contributed by atoms with Crippen molar-refractivity contribution in [2.45, 2.75) is 18.9 Å². The molecule has 1 atom stereocenters. The molecule has 1 fully saturated rings. The van der Waals surface area contributed by atoms with Gasteiger partial charge in [0.15, 0.2) is 0 Å². The first-order valence-corrected chi connectivity index (χ1v) is 5.55. The van der Waals surface area contributed by atoms with E-state index in [1.807, 2.05) is 0 Å². The van der Waals surface area contributed by atoms with Gasteiger partial charge in [-0.15, -0.1) is 0 Å². The summed E-state index contributed by atoms with van der Waals surface area (Å²) in [6.45, 7) is 0.987. The third-order valence-electron chi connectivity index (χ3n) is 2.51. The Hall–Kier alpha value is -1.62. The molecule has 0 radical (unpaired) electrons. The van der Waals surface area contributed by atoms with Crippen molar-refractivity contribution in [2.24, 2.45) is 0 Å². The minimum atomic E-state index is -0.549. The second-order valence-corrected chi connectivity index (χ2v) is 3.87. The van der Waals surface area contributed by atoms with E-state index in [-0.39, 0.29) is 18.5 Å². The van der Waals surface area contributed by atoms with Gasteiger partial charge in [-0.3, -0.25) is 5.32 Å². The first-order valence-electron chi connectivity index (χ1n) is 5.55. The number of hydrogen-bond acceptors (Lipinski definition) is 3. The molecule has 1 aromatic carbocycles. The van der Waals surface area contributed by atoms with Gasteiger partial charge >= 0.3 is 6.09 Å². The molecule has 1 amide bonds. The lowest BCUT2D eigenvalue weighted by Crippen LogP contribution is -2.21. The van der Waals surface area contributed by atoms with Gasteiger partial charge < -0.3 is 9.47 Å². The normalized spacial score (nSPS) is 19.0. The lowest BCUT2D eigenvalue weighted by Gasteiger charge is -2.10. The topological polar surface area (TPSA) is 47.6 Å². The molecule has 4 nitrogen and oxygen atoms in total. The zero-order chi connectivity index (χ0) is 12.1. The average Bonchev–Trinajstić information content (AvgIpc) is 2.83. The van der Waals surface area contributed by atoms with E-state index >= 15 is 0 Å². The molecule has 1 N–H and O–H groups in total. The van der Waals surface area contributed by atoms with Crippen molar-refractivity contribution in [3.63, 3.8) is 0 Å². The highest BCUT2D eigenvalue weighted by atomic mass is 19.1. The van der Waals surface area contributed by atoms with Crippen molar-refractivity contribution in [2.75, 3.05) is 18.5 Å². The van der Waals surface area contributed by atoms with Crippen LogP contribution in [0.2, 0.25) is 0 Å². The Kier molecular flexibility index (Phi) is 3.93. The average molecular weight is 239 g/mol. The maximum Gasteiger partial charge on any atom is 0.411 e. The fourth-order valence-electron chi connectivity index (χ4n) is 1.63. The number of anilines is 1. The van der Waals surface area contributed by atoms with Crippen molar-refractivity contribution < 1.29 is 18.7 Å². The summed E-state index contributed by atoms with van der Waals surface area (Å²) >= 11 is 0. The maximum absolute atomic E-state index is 12.6. The van der Waals surface area contributed by atoms with Gasteiger partial charge in [-0.2, -0.15) is 0 Å². The van der Waals surface area contributed by atoms with Crippen LogP contribution in [0.15, 0.2) is 24.3 Å². The van der Waals surface area contributed by atoms with Gasteiger partial charge in [-0.05, 0) is 37.1 Å². The molecule has 0 bridgehead atoms. The summed E-state index contributed by atoms with van der Waals surface area (Å²) in [4.78, 5) is 11.4. The third kappa shape index (κ3) is 3.71. The molecular weight excluding hydrogens is 225 g/mol. The van der Waals surface area contributed by atoms with Crippen molar-refractivity contribution in [3.05, 3.63) is 30.1 Å². The molecule has 1 aliphatic heterocycles. The van der Waals surface area contributed by atoms with Crippen molar-refractivity contribution in [3.8, 4) is 0 Å². The SMILES string of the molecule is O=C(Nc1ccc(F)cc1)OC[C@@H]1CCCO1. The van der Waals surface area contributed by atoms with Crippen LogP contribution in [0.25, 0.3) is 0 Å². The Morgan fingerprint density at radius 3 is 2.88 bits per heavy atom.